The molecule has 0 saturated carbocycles. The molecule has 0 bridgehead atoms. The van der Waals surface area contributed by atoms with Crippen molar-refractivity contribution in [2.75, 3.05) is 19.6 Å². The molecule has 94 valence electrons. The van der Waals surface area contributed by atoms with Crippen LogP contribution < -0.4 is 10.6 Å². The molecule has 5 heteroatoms. The normalized spacial score (nSPS) is 26.2. The largest absolute Gasteiger partial charge is 0.444 e. The number of rotatable bonds is 2. The van der Waals surface area contributed by atoms with Crippen molar-refractivity contribution in [1.29, 1.82) is 0 Å². The number of carbonyl (C=O) groups is 1. The Labute approximate surface area is 96.9 Å². The highest BCUT2D eigenvalue weighted by Gasteiger charge is 2.21. The van der Waals surface area contributed by atoms with E-state index in [0.717, 1.165) is 13.1 Å². The Balaban J connectivity index is 2.21. The molecule has 1 fully saturated rings. The first-order chi connectivity index (χ1) is 7.37. The Morgan fingerprint density at radius 3 is 2.75 bits per heavy atom. The van der Waals surface area contributed by atoms with Crippen molar-refractivity contribution < 1.29 is 14.3 Å². The third kappa shape index (κ3) is 5.32. The minimum atomic E-state index is -0.455. The second-order valence-electron chi connectivity index (χ2n) is 5.11. The van der Waals surface area contributed by atoms with Gasteiger partial charge in [-0.1, -0.05) is 0 Å². The van der Waals surface area contributed by atoms with Crippen LogP contribution in [0.5, 0.6) is 0 Å². The fourth-order valence-corrected chi connectivity index (χ4v) is 1.50. The minimum Gasteiger partial charge on any atom is -0.444 e. The van der Waals surface area contributed by atoms with Crippen LogP contribution >= 0.6 is 0 Å². The quantitative estimate of drug-likeness (QED) is 0.739. The predicted octanol–water partition coefficient (Wildman–Crippen LogP) is 0.888. The lowest BCUT2D eigenvalue weighted by Crippen LogP contribution is -2.49. The first kappa shape index (κ1) is 13.3. The van der Waals surface area contributed by atoms with E-state index in [1.54, 1.807) is 0 Å². The van der Waals surface area contributed by atoms with E-state index < -0.39 is 11.7 Å². The van der Waals surface area contributed by atoms with Gasteiger partial charge >= 0.3 is 6.09 Å². The lowest BCUT2D eigenvalue weighted by molar-refractivity contribution is -0.0273. The van der Waals surface area contributed by atoms with Gasteiger partial charge in [-0.3, -0.25) is 0 Å². The SMILES string of the molecule is C[C@H]1CNC[C@H](CNC(=O)OC(C)(C)C)O1. The van der Waals surface area contributed by atoms with Gasteiger partial charge in [-0.25, -0.2) is 4.79 Å². The highest BCUT2D eigenvalue weighted by molar-refractivity contribution is 5.67. The van der Waals surface area contributed by atoms with Crippen molar-refractivity contribution in [3.8, 4) is 0 Å². The molecular formula is C11H22N2O3. The van der Waals surface area contributed by atoms with Crippen molar-refractivity contribution in [2.45, 2.75) is 45.5 Å². The van der Waals surface area contributed by atoms with Crippen molar-refractivity contribution in [3.05, 3.63) is 0 Å². The van der Waals surface area contributed by atoms with Gasteiger partial charge < -0.3 is 20.1 Å². The van der Waals surface area contributed by atoms with Crippen LogP contribution in [-0.2, 0) is 9.47 Å². The molecule has 0 aliphatic carbocycles. The number of carbonyl (C=O) groups excluding carboxylic acids is 1. The maximum absolute atomic E-state index is 11.4. The summed E-state index contributed by atoms with van der Waals surface area (Å²) in [5, 5.41) is 5.94. The minimum absolute atomic E-state index is 0.0243. The van der Waals surface area contributed by atoms with Crippen LogP contribution in [0.15, 0.2) is 0 Å². The van der Waals surface area contributed by atoms with E-state index in [9.17, 15) is 4.79 Å². The van der Waals surface area contributed by atoms with Gasteiger partial charge in [0.15, 0.2) is 0 Å². The summed E-state index contributed by atoms with van der Waals surface area (Å²) in [5.41, 5.74) is -0.455. The third-order valence-corrected chi connectivity index (χ3v) is 2.10. The number of ether oxygens (including phenoxy) is 2. The fourth-order valence-electron chi connectivity index (χ4n) is 1.50. The van der Waals surface area contributed by atoms with Crippen LogP contribution in [0.1, 0.15) is 27.7 Å². The van der Waals surface area contributed by atoms with Gasteiger partial charge in [-0.15, -0.1) is 0 Å². The molecular weight excluding hydrogens is 208 g/mol. The summed E-state index contributed by atoms with van der Waals surface area (Å²) in [4.78, 5) is 11.4. The zero-order valence-electron chi connectivity index (χ0n) is 10.5. The molecule has 0 unspecified atom stereocenters. The lowest BCUT2D eigenvalue weighted by Gasteiger charge is -2.29. The van der Waals surface area contributed by atoms with Crippen molar-refractivity contribution >= 4 is 6.09 Å². The summed E-state index contributed by atoms with van der Waals surface area (Å²) in [6.45, 7) is 9.63. The van der Waals surface area contributed by atoms with Gasteiger partial charge in [0.25, 0.3) is 0 Å². The van der Waals surface area contributed by atoms with Crippen LogP contribution in [-0.4, -0.2) is 43.5 Å². The fraction of sp³-hybridized carbons (Fsp3) is 0.909. The van der Waals surface area contributed by atoms with Crippen molar-refractivity contribution in [1.82, 2.24) is 10.6 Å². The monoisotopic (exact) mass is 230 g/mol. The van der Waals surface area contributed by atoms with Gasteiger partial charge in [0.05, 0.1) is 12.2 Å². The van der Waals surface area contributed by atoms with Crippen LogP contribution in [0.4, 0.5) is 4.79 Å². The summed E-state index contributed by atoms with van der Waals surface area (Å²) in [7, 11) is 0. The molecule has 5 nitrogen and oxygen atoms in total. The van der Waals surface area contributed by atoms with E-state index in [1.165, 1.54) is 0 Å². The average Bonchev–Trinajstić information content (AvgIpc) is 2.12. The van der Waals surface area contributed by atoms with Crippen LogP contribution in [0.3, 0.4) is 0 Å². The maximum Gasteiger partial charge on any atom is 0.407 e. The van der Waals surface area contributed by atoms with Crippen LogP contribution in [0, 0.1) is 0 Å². The second kappa shape index (κ2) is 5.50. The number of alkyl carbamates (subject to hydrolysis) is 1. The Morgan fingerprint density at radius 2 is 2.19 bits per heavy atom. The van der Waals surface area contributed by atoms with Gasteiger partial charge in [0.2, 0.25) is 0 Å². The average molecular weight is 230 g/mol. The van der Waals surface area contributed by atoms with Gasteiger partial charge in [0, 0.05) is 19.6 Å². The molecule has 0 spiro atoms. The molecule has 1 aliphatic heterocycles. The molecule has 1 rings (SSSR count). The molecule has 0 aromatic carbocycles. The van der Waals surface area contributed by atoms with Crippen molar-refractivity contribution in [3.63, 3.8) is 0 Å². The number of amides is 1. The number of morpholine rings is 1. The number of hydrogen-bond donors (Lipinski definition) is 2. The standard InChI is InChI=1S/C11H22N2O3/c1-8-5-12-6-9(15-8)7-13-10(14)16-11(2,3)4/h8-9,12H,5-7H2,1-4H3,(H,13,14)/t8-,9+/m0/s1. The molecule has 1 aliphatic rings. The van der Waals surface area contributed by atoms with E-state index in [0.29, 0.717) is 6.54 Å². The second-order valence-corrected chi connectivity index (χ2v) is 5.11. The molecule has 2 N–H and O–H groups in total. The molecule has 0 aromatic heterocycles. The Kier molecular flexibility index (Phi) is 4.56. The summed E-state index contributed by atoms with van der Waals surface area (Å²) in [5.74, 6) is 0. The Morgan fingerprint density at radius 1 is 1.50 bits per heavy atom. The summed E-state index contributed by atoms with van der Waals surface area (Å²) < 4.78 is 10.8. The van der Waals surface area contributed by atoms with Gasteiger partial charge in [-0.05, 0) is 27.7 Å². The maximum atomic E-state index is 11.4. The van der Waals surface area contributed by atoms with E-state index >= 15 is 0 Å². The Bertz CT molecular complexity index is 238. The van der Waals surface area contributed by atoms with Crippen LogP contribution in [0.25, 0.3) is 0 Å². The summed E-state index contributed by atoms with van der Waals surface area (Å²) in [6, 6.07) is 0. The number of nitrogens with one attached hydrogen (secondary N) is 2. The molecule has 1 saturated heterocycles. The van der Waals surface area contributed by atoms with Gasteiger partial charge in [0.1, 0.15) is 5.60 Å². The van der Waals surface area contributed by atoms with E-state index in [2.05, 4.69) is 10.6 Å². The first-order valence-corrected chi connectivity index (χ1v) is 5.70. The molecule has 16 heavy (non-hydrogen) atoms. The smallest absolute Gasteiger partial charge is 0.407 e. The van der Waals surface area contributed by atoms with E-state index in [1.807, 2.05) is 27.7 Å². The molecule has 0 aromatic rings. The van der Waals surface area contributed by atoms with E-state index in [-0.39, 0.29) is 12.2 Å². The highest BCUT2D eigenvalue weighted by Crippen LogP contribution is 2.07. The molecule has 1 heterocycles. The molecule has 2 atom stereocenters. The number of hydrogen-bond acceptors (Lipinski definition) is 4. The molecule has 1 amide bonds. The van der Waals surface area contributed by atoms with E-state index in [4.69, 9.17) is 9.47 Å². The lowest BCUT2D eigenvalue weighted by atomic mass is 10.2. The van der Waals surface area contributed by atoms with Crippen LogP contribution in [0.2, 0.25) is 0 Å². The Hall–Kier alpha value is -0.810. The summed E-state index contributed by atoms with van der Waals surface area (Å²) in [6.07, 6.45) is -0.176. The third-order valence-electron chi connectivity index (χ3n) is 2.10. The molecule has 0 radical (unpaired) electrons. The zero-order valence-corrected chi connectivity index (χ0v) is 10.5. The predicted molar refractivity (Wildman–Crippen MR) is 61.4 cm³/mol. The van der Waals surface area contributed by atoms with Crippen molar-refractivity contribution in [2.24, 2.45) is 0 Å². The zero-order chi connectivity index (χ0) is 12.2. The first-order valence-electron chi connectivity index (χ1n) is 5.70. The highest BCUT2D eigenvalue weighted by atomic mass is 16.6. The topological polar surface area (TPSA) is 59.6 Å². The van der Waals surface area contributed by atoms with Gasteiger partial charge in [-0.2, -0.15) is 0 Å². The summed E-state index contributed by atoms with van der Waals surface area (Å²) >= 11 is 0.